The molecule has 0 aliphatic carbocycles. The van der Waals surface area contributed by atoms with E-state index in [4.69, 9.17) is 38.3 Å². The molecular formula is C28H58N2O9. The van der Waals surface area contributed by atoms with E-state index in [1.807, 2.05) is 25.7 Å². The van der Waals surface area contributed by atoms with Crippen molar-refractivity contribution >= 4 is 5.91 Å². The monoisotopic (exact) mass is 566 g/mol. The molecule has 0 bridgehead atoms. The number of nitrogens with zero attached hydrogens (tertiary/aromatic N) is 2. The summed E-state index contributed by atoms with van der Waals surface area (Å²) in [6.45, 7) is 21.2. The molecule has 39 heavy (non-hydrogen) atoms. The van der Waals surface area contributed by atoms with Gasteiger partial charge in [-0.3, -0.25) is 9.69 Å². The van der Waals surface area contributed by atoms with Crippen LogP contribution in [-0.4, -0.2) is 152 Å². The van der Waals surface area contributed by atoms with Crippen LogP contribution >= 0.6 is 0 Å². The molecule has 0 unspecified atom stereocenters. The highest BCUT2D eigenvalue weighted by atomic mass is 16.6. The van der Waals surface area contributed by atoms with Crippen molar-refractivity contribution in [2.24, 2.45) is 5.41 Å². The summed E-state index contributed by atoms with van der Waals surface area (Å²) < 4.78 is 38.0. The zero-order valence-electron chi connectivity index (χ0n) is 25.8. The van der Waals surface area contributed by atoms with Crippen LogP contribution in [0.5, 0.6) is 0 Å². The molecule has 0 saturated carbocycles. The fourth-order valence-corrected chi connectivity index (χ4v) is 3.06. The first kappa shape index (κ1) is 38.1. The van der Waals surface area contributed by atoms with E-state index in [0.717, 1.165) is 6.54 Å². The largest absolute Gasteiger partial charge is 0.394 e. The number of rotatable bonds is 26. The topological polar surface area (TPSA) is 108 Å². The van der Waals surface area contributed by atoms with Gasteiger partial charge in [-0.15, -0.1) is 0 Å². The standard InChI is InChI=1S/C28H58N2O9/c1-27(2,3)26(32)30(9-8-29(7)28(4,5)6)10-12-33-14-16-35-18-20-37-22-24-39-25-23-38-21-19-36-17-15-34-13-11-31/h31H,8-25H2,1-7H3. The molecule has 0 aliphatic heterocycles. The molecule has 0 aliphatic rings. The van der Waals surface area contributed by atoms with Crippen molar-refractivity contribution in [1.29, 1.82) is 0 Å². The van der Waals surface area contributed by atoms with Gasteiger partial charge in [-0.25, -0.2) is 0 Å². The van der Waals surface area contributed by atoms with Crippen molar-refractivity contribution in [1.82, 2.24) is 9.80 Å². The maximum Gasteiger partial charge on any atom is 0.228 e. The molecule has 1 amide bonds. The van der Waals surface area contributed by atoms with Gasteiger partial charge in [0.25, 0.3) is 0 Å². The SMILES string of the molecule is CN(CCN(CCOCCOCCOCCOCCOCCOCCOCCO)C(=O)C(C)(C)C)C(C)(C)C. The van der Waals surface area contributed by atoms with Crippen molar-refractivity contribution in [3.05, 3.63) is 0 Å². The molecule has 0 atom stereocenters. The molecule has 0 spiro atoms. The molecule has 0 fully saturated rings. The predicted octanol–water partition coefficient (Wildman–Crippen LogP) is 1.70. The molecular weight excluding hydrogens is 508 g/mol. The number of aliphatic hydroxyl groups is 1. The van der Waals surface area contributed by atoms with Crippen LogP contribution in [0.25, 0.3) is 0 Å². The van der Waals surface area contributed by atoms with E-state index in [9.17, 15) is 4.79 Å². The first-order chi connectivity index (χ1) is 18.5. The lowest BCUT2D eigenvalue weighted by Gasteiger charge is -2.35. The first-order valence-electron chi connectivity index (χ1n) is 14.2. The Morgan fingerprint density at radius 2 is 0.872 bits per heavy atom. The van der Waals surface area contributed by atoms with E-state index < -0.39 is 5.41 Å². The number of amides is 1. The van der Waals surface area contributed by atoms with Crippen LogP contribution in [0.15, 0.2) is 0 Å². The van der Waals surface area contributed by atoms with Gasteiger partial charge in [0.1, 0.15) is 0 Å². The first-order valence-corrected chi connectivity index (χ1v) is 14.2. The second-order valence-corrected chi connectivity index (χ2v) is 11.1. The van der Waals surface area contributed by atoms with E-state index in [-0.39, 0.29) is 18.1 Å². The van der Waals surface area contributed by atoms with Crippen molar-refractivity contribution in [3.63, 3.8) is 0 Å². The molecule has 234 valence electrons. The molecule has 0 aromatic carbocycles. The van der Waals surface area contributed by atoms with Crippen molar-refractivity contribution in [3.8, 4) is 0 Å². The van der Waals surface area contributed by atoms with E-state index in [1.54, 1.807) is 0 Å². The Balaban J connectivity index is 3.63. The Morgan fingerprint density at radius 3 is 1.18 bits per heavy atom. The van der Waals surface area contributed by atoms with E-state index >= 15 is 0 Å². The Bertz CT molecular complexity index is 568. The summed E-state index contributed by atoms with van der Waals surface area (Å²) >= 11 is 0. The van der Waals surface area contributed by atoms with Crippen LogP contribution in [0.2, 0.25) is 0 Å². The number of hydrogen-bond acceptors (Lipinski definition) is 10. The number of hydrogen-bond donors (Lipinski definition) is 1. The summed E-state index contributed by atoms with van der Waals surface area (Å²) in [4.78, 5) is 17.0. The summed E-state index contributed by atoms with van der Waals surface area (Å²) in [6.07, 6.45) is 0. The molecule has 0 aromatic heterocycles. The smallest absolute Gasteiger partial charge is 0.228 e. The number of carbonyl (C=O) groups is 1. The molecule has 1 N–H and O–H groups in total. The zero-order chi connectivity index (χ0) is 29.4. The predicted molar refractivity (Wildman–Crippen MR) is 151 cm³/mol. The minimum Gasteiger partial charge on any atom is -0.394 e. The van der Waals surface area contributed by atoms with Gasteiger partial charge in [0, 0.05) is 30.6 Å². The van der Waals surface area contributed by atoms with Crippen LogP contribution in [0.3, 0.4) is 0 Å². The highest BCUT2D eigenvalue weighted by Crippen LogP contribution is 2.18. The lowest BCUT2D eigenvalue weighted by Crippen LogP contribution is -2.47. The van der Waals surface area contributed by atoms with Gasteiger partial charge in [-0.2, -0.15) is 0 Å². The van der Waals surface area contributed by atoms with Crippen LogP contribution in [0.1, 0.15) is 41.5 Å². The summed E-state index contributed by atoms with van der Waals surface area (Å²) in [6, 6.07) is 0. The molecule has 0 radical (unpaired) electrons. The van der Waals surface area contributed by atoms with E-state index in [1.165, 1.54) is 0 Å². The normalized spacial score (nSPS) is 12.4. The Morgan fingerprint density at radius 1 is 0.538 bits per heavy atom. The fourth-order valence-electron chi connectivity index (χ4n) is 3.06. The number of ether oxygens (including phenoxy) is 7. The molecule has 0 aromatic rings. The Kier molecular flexibility index (Phi) is 23.2. The second-order valence-electron chi connectivity index (χ2n) is 11.1. The summed E-state index contributed by atoms with van der Waals surface area (Å²) in [5, 5.41) is 8.58. The third-order valence-electron chi connectivity index (χ3n) is 5.75. The molecule has 11 nitrogen and oxygen atoms in total. The fraction of sp³-hybridized carbons (Fsp3) is 0.964. The highest BCUT2D eigenvalue weighted by molar-refractivity contribution is 5.81. The van der Waals surface area contributed by atoms with Crippen LogP contribution < -0.4 is 0 Å². The molecule has 11 heteroatoms. The summed E-state index contributed by atoms with van der Waals surface area (Å²) in [5.41, 5.74) is -0.361. The highest BCUT2D eigenvalue weighted by Gasteiger charge is 2.28. The second kappa shape index (κ2) is 23.8. The Hall–Kier alpha value is -0.890. The molecule has 0 heterocycles. The molecule has 0 rings (SSSR count). The number of aliphatic hydroxyl groups excluding tert-OH is 1. The van der Waals surface area contributed by atoms with E-state index in [0.29, 0.717) is 106 Å². The average Bonchev–Trinajstić information content (AvgIpc) is 2.87. The number of carbonyl (C=O) groups excluding carboxylic acids is 1. The summed E-state index contributed by atoms with van der Waals surface area (Å²) in [7, 11) is 2.08. The lowest BCUT2D eigenvalue weighted by atomic mass is 9.94. The van der Waals surface area contributed by atoms with Crippen LogP contribution in [0, 0.1) is 5.41 Å². The van der Waals surface area contributed by atoms with Gasteiger partial charge in [0.05, 0.1) is 99.1 Å². The zero-order valence-corrected chi connectivity index (χ0v) is 25.8. The van der Waals surface area contributed by atoms with Crippen molar-refractivity contribution in [2.45, 2.75) is 47.1 Å². The maximum atomic E-state index is 12.9. The van der Waals surface area contributed by atoms with Gasteiger partial charge >= 0.3 is 0 Å². The van der Waals surface area contributed by atoms with Crippen LogP contribution in [-0.2, 0) is 38.0 Å². The van der Waals surface area contributed by atoms with Gasteiger partial charge < -0.3 is 43.2 Å². The minimum atomic E-state index is -0.421. The number of likely N-dealkylation sites (N-methyl/N-ethyl adjacent to an activating group) is 1. The lowest BCUT2D eigenvalue weighted by molar-refractivity contribution is -0.140. The third kappa shape index (κ3) is 23.5. The Labute approximate surface area is 237 Å². The molecule has 0 saturated heterocycles. The van der Waals surface area contributed by atoms with Crippen LogP contribution in [0.4, 0.5) is 0 Å². The summed E-state index contributed by atoms with van der Waals surface area (Å²) in [5.74, 6) is 0.140. The van der Waals surface area contributed by atoms with Gasteiger partial charge in [-0.1, -0.05) is 20.8 Å². The maximum absolute atomic E-state index is 12.9. The van der Waals surface area contributed by atoms with Gasteiger partial charge in [0.15, 0.2) is 0 Å². The van der Waals surface area contributed by atoms with E-state index in [2.05, 4.69) is 32.7 Å². The van der Waals surface area contributed by atoms with Gasteiger partial charge in [0.2, 0.25) is 5.91 Å². The minimum absolute atomic E-state index is 0.0253. The quantitative estimate of drug-likeness (QED) is 0.155. The van der Waals surface area contributed by atoms with Crippen molar-refractivity contribution < 1.29 is 43.1 Å². The van der Waals surface area contributed by atoms with Gasteiger partial charge in [-0.05, 0) is 27.8 Å². The average molecular weight is 567 g/mol. The van der Waals surface area contributed by atoms with Crippen molar-refractivity contribution in [2.75, 3.05) is 126 Å². The third-order valence-corrected chi connectivity index (χ3v) is 5.75.